The number of carbonyl (C=O) groups is 4. The lowest BCUT2D eigenvalue weighted by atomic mass is 9.83. The van der Waals surface area contributed by atoms with E-state index in [-0.39, 0.29) is 24.9 Å². The maximum absolute atomic E-state index is 13.6. The summed E-state index contributed by atoms with van der Waals surface area (Å²) >= 11 is 0. The summed E-state index contributed by atoms with van der Waals surface area (Å²) in [5.41, 5.74) is 0.0639. The average molecular weight is 590 g/mol. The molecule has 0 saturated heterocycles. The number of nitrogens with one attached hydrogen (secondary N) is 3. The van der Waals surface area contributed by atoms with E-state index in [2.05, 4.69) is 16.0 Å². The molecule has 10 nitrogen and oxygen atoms in total. The molecule has 0 unspecified atom stereocenters. The van der Waals surface area contributed by atoms with Gasteiger partial charge in [0.25, 0.3) is 0 Å². The second-order valence-electron chi connectivity index (χ2n) is 12.6. The molecule has 0 spiro atoms. The first kappa shape index (κ1) is 35.1. The number of alkyl carbamates (subject to hydrolysis) is 1. The predicted molar refractivity (Wildman–Crippen MR) is 160 cm³/mol. The van der Waals surface area contributed by atoms with Gasteiger partial charge in [0.05, 0.1) is 12.6 Å². The Balaban J connectivity index is 2.24. The fourth-order valence-electron chi connectivity index (χ4n) is 5.21. The van der Waals surface area contributed by atoms with Crippen LogP contribution in [0.1, 0.15) is 92.1 Å². The summed E-state index contributed by atoms with van der Waals surface area (Å²) in [4.78, 5) is 52.3. The summed E-state index contributed by atoms with van der Waals surface area (Å²) in [5.74, 6) is -1.52. The quantitative estimate of drug-likeness (QED) is 0.240. The monoisotopic (exact) mass is 589 g/mol. The zero-order valence-corrected chi connectivity index (χ0v) is 26.1. The molecule has 1 aliphatic rings. The molecule has 0 heterocycles. The van der Waals surface area contributed by atoms with E-state index in [0.717, 1.165) is 37.7 Å². The zero-order chi connectivity index (χ0) is 31.3. The number of hydrogen-bond acceptors (Lipinski definition) is 7. The van der Waals surface area contributed by atoms with Crippen molar-refractivity contribution in [3.63, 3.8) is 0 Å². The van der Waals surface area contributed by atoms with Crippen molar-refractivity contribution in [2.75, 3.05) is 6.61 Å². The summed E-state index contributed by atoms with van der Waals surface area (Å²) in [6.07, 6.45) is 3.89. The van der Waals surface area contributed by atoms with Gasteiger partial charge in [0.15, 0.2) is 6.10 Å². The van der Waals surface area contributed by atoms with Crippen LogP contribution in [0.5, 0.6) is 0 Å². The number of aliphatic hydroxyl groups excluding tert-OH is 1. The number of aliphatic hydroxyl groups is 1. The summed E-state index contributed by atoms with van der Waals surface area (Å²) in [6, 6.07) is 6.42. The van der Waals surface area contributed by atoms with Crippen molar-refractivity contribution in [3.05, 3.63) is 35.9 Å². The van der Waals surface area contributed by atoms with Crippen LogP contribution in [0.3, 0.4) is 0 Å². The highest BCUT2D eigenvalue weighted by Crippen LogP contribution is 2.28. The number of benzene rings is 1. The molecule has 1 aromatic rings. The van der Waals surface area contributed by atoms with Crippen molar-refractivity contribution >= 4 is 23.9 Å². The SMILES string of the molecule is CCOC(=O)[C@H](O)[C@@H](CC1CCCCC1)NC(=O)[C@H](CC(C)C)NC(=O)[C@H](Cc1ccccc1)NC(=O)OC(C)(C)C. The lowest BCUT2D eigenvalue weighted by molar-refractivity contribution is -0.155. The minimum absolute atomic E-state index is 0.0409. The van der Waals surface area contributed by atoms with E-state index in [0.29, 0.717) is 12.8 Å². The van der Waals surface area contributed by atoms with Crippen LogP contribution in [0.15, 0.2) is 30.3 Å². The van der Waals surface area contributed by atoms with E-state index in [1.807, 2.05) is 44.2 Å². The van der Waals surface area contributed by atoms with Gasteiger partial charge in [0.2, 0.25) is 11.8 Å². The van der Waals surface area contributed by atoms with Gasteiger partial charge in [-0.05, 0) is 57.9 Å². The third-order valence-corrected chi connectivity index (χ3v) is 7.18. The van der Waals surface area contributed by atoms with Crippen LogP contribution >= 0.6 is 0 Å². The first-order valence-corrected chi connectivity index (χ1v) is 15.3. The van der Waals surface area contributed by atoms with E-state index < -0.39 is 53.7 Å². The fraction of sp³-hybridized carbons (Fsp3) is 0.688. The summed E-state index contributed by atoms with van der Waals surface area (Å²) < 4.78 is 10.4. The second-order valence-corrected chi connectivity index (χ2v) is 12.6. The van der Waals surface area contributed by atoms with E-state index in [4.69, 9.17) is 9.47 Å². The van der Waals surface area contributed by atoms with E-state index in [1.165, 1.54) is 0 Å². The Kier molecular flexibility index (Phi) is 14.3. The molecule has 4 N–H and O–H groups in total. The second kappa shape index (κ2) is 17.1. The normalized spacial score (nSPS) is 17.0. The molecule has 2 rings (SSSR count). The molecule has 0 bridgehead atoms. The molecule has 1 aliphatic carbocycles. The number of rotatable bonds is 14. The van der Waals surface area contributed by atoms with Crippen LogP contribution in [-0.4, -0.2) is 65.4 Å². The summed E-state index contributed by atoms with van der Waals surface area (Å²) in [5, 5.41) is 19.2. The molecular formula is C32H51N3O7. The Morgan fingerprint density at radius 1 is 0.929 bits per heavy atom. The van der Waals surface area contributed by atoms with Gasteiger partial charge in [-0.2, -0.15) is 0 Å². The van der Waals surface area contributed by atoms with Gasteiger partial charge in [0.1, 0.15) is 17.7 Å². The van der Waals surface area contributed by atoms with Gasteiger partial charge in [-0.15, -0.1) is 0 Å². The molecule has 1 fully saturated rings. The van der Waals surface area contributed by atoms with Gasteiger partial charge in [-0.1, -0.05) is 76.3 Å². The van der Waals surface area contributed by atoms with Crippen LogP contribution < -0.4 is 16.0 Å². The molecule has 1 aromatic carbocycles. The predicted octanol–water partition coefficient (Wildman–Crippen LogP) is 4.03. The first-order valence-electron chi connectivity index (χ1n) is 15.3. The van der Waals surface area contributed by atoms with Crippen molar-refractivity contribution in [3.8, 4) is 0 Å². The number of esters is 1. The van der Waals surface area contributed by atoms with Gasteiger partial charge in [0, 0.05) is 6.42 Å². The van der Waals surface area contributed by atoms with Crippen molar-refractivity contribution in [1.29, 1.82) is 0 Å². The molecule has 1 saturated carbocycles. The van der Waals surface area contributed by atoms with Crippen molar-refractivity contribution < 1.29 is 33.8 Å². The average Bonchev–Trinajstić information content (AvgIpc) is 2.91. The highest BCUT2D eigenvalue weighted by atomic mass is 16.6. The highest BCUT2D eigenvalue weighted by Gasteiger charge is 2.35. The van der Waals surface area contributed by atoms with Crippen LogP contribution in [0.2, 0.25) is 0 Å². The van der Waals surface area contributed by atoms with Crippen LogP contribution in [-0.2, 0) is 30.3 Å². The number of hydrogen-bond donors (Lipinski definition) is 4. The maximum atomic E-state index is 13.6. The highest BCUT2D eigenvalue weighted by molar-refractivity contribution is 5.92. The van der Waals surface area contributed by atoms with Crippen LogP contribution in [0.25, 0.3) is 0 Å². The van der Waals surface area contributed by atoms with Gasteiger partial charge < -0.3 is 30.5 Å². The third kappa shape index (κ3) is 12.8. The topological polar surface area (TPSA) is 143 Å². The molecule has 0 radical (unpaired) electrons. The van der Waals surface area contributed by atoms with Crippen molar-refractivity contribution in [2.24, 2.45) is 11.8 Å². The minimum Gasteiger partial charge on any atom is -0.464 e. The summed E-state index contributed by atoms with van der Waals surface area (Å²) in [6.45, 7) is 10.8. The summed E-state index contributed by atoms with van der Waals surface area (Å²) in [7, 11) is 0. The lowest BCUT2D eigenvalue weighted by Crippen LogP contribution is -2.58. The van der Waals surface area contributed by atoms with E-state index in [1.54, 1.807) is 27.7 Å². The van der Waals surface area contributed by atoms with Crippen LogP contribution in [0.4, 0.5) is 4.79 Å². The molecule has 0 aromatic heterocycles. The Morgan fingerprint density at radius 3 is 2.12 bits per heavy atom. The molecule has 0 aliphatic heterocycles. The zero-order valence-electron chi connectivity index (χ0n) is 26.1. The van der Waals surface area contributed by atoms with Gasteiger partial charge in [-0.3, -0.25) is 9.59 Å². The van der Waals surface area contributed by atoms with Crippen molar-refractivity contribution in [1.82, 2.24) is 16.0 Å². The number of carbonyl (C=O) groups excluding carboxylic acids is 4. The molecule has 42 heavy (non-hydrogen) atoms. The number of ether oxygens (including phenoxy) is 2. The maximum Gasteiger partial charge on any atom is 0.408 e. The molecule has 4 atom stereocenters. The van der Waals surface area contributed by atoms with E-state index in [9.17, 15) is 24.3 Å². The van der Waals surface area contributed by atoms with Gasteiger partial charge in [-0.25, -0.2) is 9.59 Å². The Bertz CT molecular complexity index is 1000. The molecular weight excluding hydrogens is 538 g/mol. The first-order chi connectivity index (χ1) is 19.8. The Morgan fingerprint density at radius 2 is 1.55 bits per heavy atom. The van der Waals surface area contributed by atoms with Crippen molar-refractivity contribution in [2.45, 2.75) is 123 Å². The Hall–Kier alpha value is -3.14. The standard InChI is InChI=1S/C32H51N3O7/c1-7-41-30(39)27(36)24(19-22-14-10-8-11-15-22)33-28(37)25(18-21(2)3)34-29(38)26(20-23-16-12-9-13-17-23)35-31(40)42-32(4,5)6/h9,12-13,16-17,21-22,24-27,36H,7-8,10-11,14-15,18-20H2,1-6H3,(H,33,37)(H,34,38)(H,35,40)/t24-,25+,26+,27-/m1/s1. The lowest BCUT2D eigenvalue weighted by Gasteiger charge is -2.31. The van der Waals surface area contributed by atoms with Gasteiger partial charge >= 0.3 is 12.1 Å². The van der Waals surface area contributed by atoms with Crippen LogP contribution in [0, 0.1) is 11.8 Å². The molecule has 236 valence electrons. The Labute approximate surface area is 250 Å². The minimum atomic E-state index is -1.52. The smallest absolute Gasteiger partial charge is 0.408 e. The fourth-order valence-corrected chi connectivity index (χ4v) is 5.21. The third-order valence-electron chi connectivity index (χ3n) is 7.18. The van der Waals surface area contributed by atoms with E-state index >= 15 is 0 Å². The number of amides is 3. The largest absolute Gasteiger partial charge is 0.464 e. The molecule has 10 heteroatoms. The molecule has 3 amide bonds.